The van der Waals surface area contributed by atoms with Gasteiger partial charge in [0.15, 0.2) is 4.90 Å². The van der Waals surface area contributed by atoms with Gasteiger partial charge in [-0.3, -0.25) is 10.1 Å². The van der Waals surface area contributed by atoms with Gasteiger partial charge in [-0.15, -0.1) is 0 Å². The van der Waals surface area contributed by atoms with Gasteiger partial charge in [0.1, 0.15) is 0 Å². The fourth-order valence-corrected chi connectivity index (χ4v) is 3.54. The highest BCUT2D eigenvalue weighted by molar-refractivity contribution is 7.89. The Balaban J connectivity index is 3.31. The van der Waals surface area contributed by atoms with Gasteiger partial charge in [-0.05, 0) is 26.3 Å². The summed E-state index contributed by atoms with van der Waals surface area (Å²) in [4.78, 5) is 10.1. The molecule has 0 aliphatic heterocycles. The molecule has 0 aliphatic carbocycles. The summed E-state index contributed by atoms with van der Waals surface area (Å²) < 4.78 is 26.9. The fourth-order valence-electron chi connectivity index (χ4n) is 1.98. The number of benzene rings is 1. The molecule has 0 aromatic heterocycles. The van der Waals surface area contributed by atoms with Gasteiger partial charge in [0.2, 0.25) is 10.0 Å². The van der Waals surface area contributed by atoms with Crippen molar-refractivity contribution in [3.63, 3.8) is 0 Å². The van der Waals surface area contributed by atoms with Crippen molar-refractivity contribution in [3.05, 3.63) is 58.2 Å². The van der Waals surface area contributed by atoms with Crippen LogP contribution in [0.25, 0.3) is 0 Å². The van der Waals surface area contributed by atoms with Crippen molar-refractivity contribution in [3.8, 4) is 0 Å². The van der Waals surface area contributed by atoms with Crippen LogP contribution in [-0.4, -0.2) is 42.4 Å². The van der Waals surface area contributed by atoms with Crippen LogP contribution >= 0.6 is 0 Å². The van der Waals surface area contributed by atoms with E-state index >= 15 is 0 Å². The van der Waals surface area contributed by atoms with E-state index in [4.69, 9.17) is 5.11 Å². The molecule has 8 heteroatoms. The number of aliphatic hydroxyl groups excluding tert-OH is 1. The lowest BCUT2D eigenvalue weighted by Crippen LogP contribution is -2.33. The maximum atomic E-state index is 12.9. The quantitative estimate of drug-likeness (QED) is 0.417. The molecule has 24 heavy (non-hydrogen) atoms. The van der Waals surface area contributed by atoms with E-state index in [1.165, 1.54) is 18.2 Å². The van der Waals surface area contributed by atoms with E-state index in [0.29, 0.717) is 5.57 Å². The van der Waals surface area contributed by atoms with Crippen molar-refractivity contribution in [1.82, 2.24) is 4.31 Å². The zero-order chi connectivity index (χ0) is 18.3. The fraction of sp³-hybridized carbons (Fsp3) is 0.375. The largest absolute Gasteiger partial charge is 0.396 e. The average molecular weight is 354 g/mol. The highest BCUT2D eigenvalue weighted by atomic mass is 32.2. The molecular formula is C16H22N2O5S. The van der Waals surface area contributed by atoms with Gasteiger partial charge in [-0.1, -0.05) is 35.9 Å². The summed E-state index contributed by atoms with van der Waals surface area (Å²) in [6.07, 6.45) is 1.98. The van der Waals surface area contributed by atoms with Gasteiger partial charge in [0.05, 0.1) is 4.92 Å². The van der Waals surface area contributed by atoms with E-state index in [2.05, 4.69) is 6.58 Å². The lowest BCUT2D eigenvalue weighted by atomic mass is 10.2. The van der Waals surface area contributed by atoms with Crippen LogP contribution in [0.1, 0.15) is 20.3 Å². The highest BCUT2D eigenvalue weighted by Crippen LogP contribution is 2.27. The predicted molar refractivity (Wildman–Crippen MR) is 92.1 cm³/mol. The number of rotatable bonds is 9. The number of hydrogen-bond acceptors (Lipinski definition) is 5. The summed E-state index contributed by atoms with van der Waals surface area (Å²) in [6, 6.07) is 5.25. The van der Waals surface area contributed by atoms with E-state index in [1.807, 2.05) is 13.8 Å². The minimum atomic E-state index is -4.08. The molecule has 1 aromatic carbocycles. The molecule has 0 heterocycles. The van der Waals surface area contributed by atoms with Crippen LogP contribution < -0.4 is 0 Å². The van der Waals surface area contributed by atoms with E-state index in [0.717, 1.165) is 15.9 Å². The van der Waals surface area contributed by atoms with Crippen molar-refractivity contribution in [2.24, 2.45) is 0 Å². The molecule has 0 spiro atoms. The first-order chi connectivity index (χ1) is 11.2. The first kappa shape index (κ1) is 20.0. The van der Waals surface area contributed by atoms with E-state index in [9.17, 15) is 18.5 Å². The molecule has 1 aromatic rings. The van der Waals surface area contributed by atoms with Crippen molar-refractivity contribution in [2.75, 3.05) is 19.7 Å². The molecule has 132 valence electrons. The third-order valence-electron chi connectivity index (χ3n) is 3.25. The standard InChI is InChI=1S/C16H22N2O5S/c1-13(2)8-10-17(12-14(3)9-11-19)24(22,23)16-7-5-4-6-15(16)18(20)21/h4-8,19H,3,9-12H2,1-2H3. The molecule has 0 fully saturated rings. The minimum Gasteiger partial charge on any atom is -0.396 e. The molecule has 0 bridgehead atoms. The lowest BCUT2D eigenvalue weighted by molar-refractivity contribution is -0.387. The summed E-state index contributed by atoms with van der Waals surface area (Å²) in [5.74, 6) is 0. The van der Waals surface area contributed by atoms with Crippen LogP contribution in [0.3, 0.4) is 0 Å². The van der Waals surface area contributed by atoms with E-state index in [1.54, 1.807) is 6.08 Å². The van der Waals surface area contributed by atoms with Crippen molar-refractivity contribution < 1.29 is 18.4 Å². The summed E-state index contributed by atoms with van der Waals surface area (Å²) in [5, 5.41) is 20.1. The van der Waals surface area contributed by atoms with Gasteiger partial charge >= 0.3 is 0 Å². The second-order valence-corrected chi connectivity index (χ2v) is 7.43. The van der Waals surface area contributed by atoms with Gasteiger partial charge in [-0.25, -0.2) is 8.42 Å². The molecule has 0 amide bonds. The van der Waals surface area contributed by atoms with Gasteiger partial charge in [0.25, 0.3) is 5.69 Å². The molecule has 1 N–H and O–H groups in total. The summed E-state index contributed by atoms with van der Waals surface area (Å²) in [6.45, 7) is 7.34. The Hall–Kier alpha value is -2.03. The van der Waals surface area contributed by atoms with Crippen LogP contribution in [0.15, 0.2) is 53.0 Å². The molecule has 0 atom stereocenters. The molecule has 0 unspecified atom stereocenters. The normalized spacial score (nSPS) is 11.3. The third-order valence-corrected chi connectivity index (χ3v) is 5.11. The molecule has 0 radical (unpaired) electrons. The van der Waals surface area contributed by atoms with Crippen molar-refractivity contribution >= 4 is 15.7 Å². The molecule has 0 saturated carbocycles. The maximum absolute atomic E-state index is 12.9. The Kier molecular flexibility index (Phi) is 7.27. The maximum Gasteiger partial charge on any atom is 0.289 e. The van der Waals surface area contributed by atoms with Crippen molar-refractivity contribution in [1.29, 1.82) is 0 Å². The summed E-state index contributed by atoms with van der Waals surface area (Å²) in [5.41, 5.74) is 0.986. The first-order valence-corrected chi connectivity index (χ1v) is 8.78. The Morgan fingerprint density at radius 1 is 1.38 bits per heavy atom. The topological polar surface area (TPSA) is 101 Å². The number of nitrogens with zero attached hydrogens (tertiary/aromatic N) is 2. The number of sulfonamides is 1. The Labute approximate surface area is 142 Å². The second kappa shape index (κ2) is 8.72. The summed E-state index contributed by atoms with van der Waals surface area (Å²) >= 11 is 0. The first-order valence-electron chi connectivity index (χ1n) is 7.34. The van der Waals surface area contributed by atoms with Crippen LogP contribution in [-0.2, 0) is 10.0 Å². The molecular weight excluding hydrogens is 332 g/mol. The number of nitro benzene ring substituents is 1. The Morgan fingerprint density at radius 2 is 2.00 bits per heavy atom. The summed E-state index contributed by atoms with van der Waals surface area (Å²) in [7, 11) is -4.08. The smallest absolute Gasteiger partial charge is 0.289 e. The average Bonchev–Trinajstić information content (AvgIpc) is 2.51. The van der Waals surface area contributed by atoms with Crippen LogP contribution in [0.4, 0.5) is 5.69 Å². The number of aliphatic hydroxyl groups is 1. The third kappa shape index (κ3) is 5.26. The van der Waals surface area contributed by atoms with E-state index in [-0.39, 0.29) is 31.0 Å². The molecule has 0 aliphatic rings. The van der Waals surface area contributed by atoms with Crippen LogP contribution in [0, 0.1) is 10.1 Å². The van der Waals surface area contributed by atoms with Gasteiger partial charge in [-0.2, -0.15) is 4.31 Å². The lowest BCUT2D eigenvalue weighted by Gasteiger charge is -2.22. The van der Waals surface area contributed by atoms with Crippen LogP contribution in [0.2, 0.25) is 0 Å². The predicted octanol–water partition coefficient (Wildman–Crippen LogP) is 2.49. The number of nitro groups is 1. The monoisotopic (exact) mass is 354 g/mol. The molecule has 1 rings (SSSR count). The van der Waals surface area contributed by atoms with Gasteiger partial charge < -0.3 is 5.11 Å². The Bertz CT molecular complexity index is 737. The van der Waals surface area contributed by atoms with E-state index < -0.39 is 20.6 Å². The second-order valence-electron chi connectivity index (χ2n) is 5.53. The zero-order valence-electron chi connectivity index (χ0n) is 13.8. The van der Waals surface area contributed by atoms with Crippen LogP contribution in [0.5, 0.6) is 0 Å². The number of para-hydroxylation sites is 1. The van der Waals surface area contributed by atoms with Crippen molar-refractivity contribution in [2.45, 2.75) is 25.2 Å². The zero-order valence-corrected chi connectivity index (χ0v) is 14.6. The number of allylic oxidation sites excluding steroid dienone is 1. The van der Waals surface area contributed by atoms with Gasteiger partial charge in [0, 0.05) is 25.8 Å². The minimum absolute atomic E-state index is 0.0152. The number of hydrogen-bond donors (Lipinski definition) is 1. The Morgan fingerprint density at radius 3 is 2.54 bits per heavy atom. The SMILES string of the molecule is C=C(CCO)CN(CC=C(C)C)S(=O)(=O)c1ccccc1[N+](=O)[O-]. The highest BCUT2D eigenvalue weighted by Gasteiger charge is 2.31. The molecule has 0 saturated heterocycles. The molecule has 7 nitrogen and oxygen atoms in total.